The van der Waals surface area contributed by atoms with Gasteiger partial charge in [-0.05, 0) is 53.4 Å². The van der Waals surface area contributed by atoms with Crippen molar-refractivity contribution in [3.8, 4) is 11.5 Å². The fourth-order valence-corrected chi connectivity index (χ4v) is 2.93. The Bertz CT molecular complexity index is 433. The van der Waals surface area contributed by atoms with Gasteiger partial charge in [-0.15, -0.1) is 0 Å². The molecule has 0 saturated carbocycles. The van der Waals surface area contributed by atoms with E-state index in [0.717, 1.165) is 42.2 Å². The first-order chi connectivity index (χ1) is 9.74. The summed E-state index contributed by atoms with van der Waals surface area (Å²) in [7, 11) is 1.66. The van der Waals surface area contributed by atoms with Gasteiger partial charge >= 0.3 is 0 Å². The third-order valence-electron chi connectivity index (χ3n) is 3.33. The van der Waals surface area contributed by atoms with Crippen molar-refractivity contribution in [2.75, 3.05) is 26.9 Å². The van der Waals surface area contributed by atoms with E-state index in [9.17, 15) is 0 Å². The predicted octanol–water partition coefficient (Wildman–Crippen LogP) is 3.13. The van der Waals surface area contributed by atoms with Crippen molar-refractivity contribution < 1.29 is 14.2 Å². The second-order valence-corrected chi connectivity index (χ2v) is 5.69. The standard InChI is InChI=1S/C15H22BrNO3/c1-3-20-15-13(16)7-11(8-14(15)18-2)9-17-12-5-4-6-19-10-12/h7-8,12,17H,3-6,9-10H2,1-2H3. The lowest BCUT2D eigenvalue weighted by Crippen LogP contribution is -2.36. The molecule has 2 rings (SSSR count). The molecular formula is C15H22BrNO3. The summed E-state index contributed by atoms with van der Waals surface area (Å²) in [5.41, 5.74) is 1.17. The first-order valence-electron chi connectivity index (χ1n) is 7.05. The molecule has 1 aliphatic rings. The molecule has 1 N–H and O–H groups in total. The van der Waals surface area contributed by atoms with Gasteiger partial charge in [0, 0.05) is 19.2 Å². The zero-order valence-corrected chi connectivity index (χ0v) is 13.7. The van der Waals surface area contributed by atoms with Gasteiger partial charge in [-0.2, -0.15) is 0 Å². The lowest BCUT2D eigenvalue weighted by molar-refractivity contribution is 0.0699. The molecule has 1 fully saturated rings. The molecule has 0 spiro atoms. The highest BCUT2D eigenvalue weighted by Gasteiger charge is 2.15. The van der Waals surface area contributed by atoms with E-state index >= 15 is 0 Å². The summed E-state index contributed by atoms with van der Waals surface area (Å²) in [5.74, 6) is 1.53. The van der Waals surface area contributed by atoms with Crippen LogP contribution in [0.5, 0.6) is 11.5 Å². The van der Waals surface area contributed by atoms with Crippen molar-refractivity contribution in [3.05, 3.63) is 22.2 Å². The topological polar surface area (TPSA) is 39.7 Å². The Morgan fingerprint density at radius 3 is 2.95 bits per heavy atom. The van der Waals surface area contributed by atoms with Crippen molar-refractivity contribution in [2.45, 2.75) is 32.4 Å². The molecule has 1 aromatic rings. The van der Waals surface area contributed by atoms with Crippen molar-refractivity contribution in [1.29, 1.82) is 0 Å². The minimum atomic E-state index is 0.445. The van der Waals surface area contributed by atoms with E-state index in [0.29, 0.717) is 12.6 Å². The van der Waals surface area contributed by atoms with Gasteiger partial charge in [0.05, 0.1) is 24.8 Å². The van der Waals surface area contributed by atoms with E-state index in [1.54, 1.807) is 7.11 Å². The molecule has 0 bridgehead atoms. The summed E-state index contributed by atoms with van der Waals surface area (Å²) < 4.78 is 17.4. The minimum absolute atomic E-state index is 0.445. The number of benzene rings is 1. The summed E-state index contributed by atoms with van der Waals surface area (Å²) in [4.78, 5) is 0. The van der Waals surface area contributed by atoms with Gasteiger partial charge in [-0.3, -0.25) is 0 Å². The maximum absolute atomic E-state index is 5.60. The SMILES string of the molecule is CCOc1c(Br)cc(CNC2CCCOC2)cc1OC. The second kappa shape index (κ2) is 7.86. The van der Waals surface area contributed by atoms with Crippen LogP contribution in [0.4, 0.5) is 0 Å². The van der Waals surface area contributed by atoms with Gasteiger partial charge in [0.25, 0.3) is 0 Å². The van der Waals surface area contributed by atoms with Crippen LogP contribution in [0, 0.1) is 0 Å². The third kappa shape index (κ3) is 4.11. The molecule has 1 unspecified atom stereocenters. The lowest BCUT2D eigenvalue weighted by atomic mass is 10.1. The monoisotopic (exact) mass is 343 g/mol. The highest BCUT2D eigenvalue weighted by Crippen LogP contribution is 2.36. The lowest BCUT2D eigenvalue weighted by Gasteiger charge is -2.23. The van der Waals surface area contributed by atoms with Crippen molar-refractivity contribution in [2.24, 2.45) is 0 Å². The highest BCUT2D eigenvalue weighted by atomic mass is 79.9. The molecule has 1 atom stereocenters. The molecule has 4 nitrogen and oxygen atoms in total. The van der Waals surface area contributed by atoms with Crippen LogP contribution in [0.3, 0.4) is 0 Å². The number of hydrogen-bond acceptors (Lipinski definition) is 4. The molecule has 1 aromatic carbocycles. The molecule has 1 aliphatic heterocycles. The Morgan fingerprint density at radius 1 is 1.45 bits per heavy atom. The van der Waals surface area contributed by atoms with Gasteiger partial charge in [-0.1, -0.05) is 0 Å². The number of nitrogens with one attached hydrogen (secondary N) is 1. The van der Waals surface area contributed by atoms with Gasteiger partial charge in [-0.25, -0.2) is 0 Å². The summed E-state index contributed by atoms with van der Waals surface area (Å²) in [5, 5.41) is 3.53. The van der Waals surface area contributed by atoms with Crippen molar-refractivity contribution in [3.63, 3.8) is 0 Å². The average molecular weight is 344 g/mol. The van der Waals surface area contributed by atoms with Crippen LogP contribution < -0.4 is 14.8 Å². The smallest absolute Gasteiger partial charge is 0.175 e. The summed E-state index contributed by atoms with van der Waals surface area (Å²) >= 11 is 3.55. The van der Waals surface area contributed by atoms with Crippen LogP contribution in [0.2, 0.25) is 0 Å². The quantitative estimate of drug-likeness (QED) is 0.861. The Labute approximate surface area is 128 Å². The number of hydrogen-bond donors (Lipinski definition) is 1. The van der Waals surface area contributed by atoms with E-state index in [4.69, 9.17) is 14.2 Å². The van der Waals surface area contributed by atoms with Crippen LogP contribution in [0.15, 0.2) is 16.6 Å². The maximum atomic E-state index is 5.60. The van der Waals surface area contributed by atoms with E-state index in [-0.39, 0.29) is 0 Å². The molecular weight excluding hydrogens is 322 g/mol. The maximum Gasteiger partial charge on any atom is 0.175 e. The Kier molecular flexibility index (Phi) is 6.13. The Hall–Kier alpha value is -0.780. The van der Waals surface area contributed by atoms with Gasteiger partial charge < -0.3 is 19.5 Å². The number of halogens is 1. The number of methoxy groups -OCH3 is 1. The zero-order valence-electron chi connectivity index (χ0n) is 12.1. The first-order valence-corrected chi connectivity index (χ1v) is 7.84. The molecule has 1 saturated heterocycles. The highest BCUT2D eigenvalue weighted by molar-refractivity contribution is 9.10. The summed E-state index contributed by atoms with van der Waals surface area (Å²) in [6.07, 6.45) is 2.31. The Morgan fingerprint density at radius 2 is 2.30 bits per heavy atom. The van der Waals surface area contributed by atoms with Gasteiger partial charge in [0.1, 0.15) is 0 Å². The largest absolute Gasteiger partial charge is 0.493 e. The fraction of sp³-hybridized carbons (Fsp3) is 0.600. The molecule has 0 amide bonds. The van der Waals surface area contributed by atoms with Crippen LogP contribution in [-0.2, 0) is 11.3 Å². The van der Waals surface area contributed by atoms with Crippen LogP contribution >= 0.6 is 15.9 Å². The number of rotatable bonds is 6. The Balaban J connectivity index is 2.02. The van der Waals surface area contributed by atoms with E-state index < -0.39 is 0 Å². The minimum Gasteiger partial charge on any atom is -0.493 e. The molecule has 0 radical (unpaired) electrons. The predicted molar refractivity (Wildman–Crippen MR) is 82.5 cm³/mol. The molecule has 5 heteroatoms. The summed E-state index contributed by atoms with van der Waals surface area (Å²) in [6, 6.07) is 4.54. The first kappa shape index (κ1) is 15.6. The summed E-state index contributed by atoms with van der Waals surface area (Å²) in [6.45, 7) is 5.07. The normalized spacial score (nSPS) is 18.9. The average Bonchev–Trinajstić information content (AvgIpc) is 2.48. The molecule has 20 heavy (non-hydrogen) atoms. The van der Waals surface area contributed by atoms with E-state index in [2.05, 4.69) is 27.3 Å². The van der Waals surface area contributed by atoms with Gasteiger partial charge in [0.15, 0.2) is 11.5 Å². The van der Waals surface area contributed by atoms with Crippen LogP contribution in [0.1, 0.15) is 25.3 Å². The van der Waals surface area contributed by atoms with Crippen LogP contribution in [-0.4, -0.2) is 33.0 Å². The molecule has 1 heterocycles. The zero-order chi connectivity index (χ0) is 14.4. The fourth-order valence-electron chi connectivity index (χ4n) is 2.32. The van der Waals surface area contributed by atoms with Crippen LogP contribution in [0.25, 0.3) is 0 Å². The second-order valence-electron chi connectivity index (χ2n) is 4.84. The molecule has 0 aromatic heterocycles. The van der Waals surface area contributed by atoms with Gasteiger partial charge in [0.2, 0.25) is 0 Å². The third-order valence-corrected chi connectivity index (χ3v) is 3.92. The van der Waals surface area contributed by atoms with E-state index in [1.807, 2.05) is 13.0 Å². The number of ether oxygens (including phenoxy) is 3. The molecule has 0 aliphatic carbocycles. The molecule has 112 valence electrons. The van der Waals surface area contributed by atoms with Crippen molar-refractivity contribution in [1.82, 2.24) is 5.32 Å². The van der Waals surface area contributed by atoms with E-state index in [1.165, 1.54) is 12.0 Å². The van der Waals surface area contributed by atoms with Crippen molar-refractivity contribution >= 4 is 15.9 Å².